The van der Waals surface area contributed by atoms with Crippen molar-refractivity contribution in [1.82, 2.24) is 0 Å². The van der Waals surface area contributed by atoms with Crippen LogP contribution in [0.5, 0.6) is 0 Å². The van der Waals surface area contributed by atoms with Gasteiger partial charge in [0.1, 0.15) is 0 Å². The third-order valence-electron chi connectivity index (χ3n) is 0.619. The van der Waals surface area contributed by atoms with E-state index in [9.17, 15) is 4.57 Å². The van der Waals surface area contributed by atoms with E-state index in [4.69, 9.17) is 5.26 Å². The van der Waals surface area contributed by atoms with E-state index < -0.39 is 8.69 Å². The molecule has 0 aliphatic carbocycles. The summed E-state index contributed by atoms with van der Waals surface area (Å²) in [6.45, 7) is 0.451. The van der Waals surface area contributed by atoms with Gasteiger partial charge in [-0.05, 0) is 6.42 Å². The summed E-state index contributed by atoms with van der Waals surface area (Å²) in [6, 6.07) is 1.95. The normalized spacial score (nSPS) is 9.88. The minimum Gasteiger partial charge on any atom is -0.332 e. The van der Waals surface area contributed by atoms with Gasteiger partial charge in [0, 0.05) is 6.42 Å². The number of nitrogens with zero attached hydrogens (tertiary/aromatic N) is 1. The molecule has 0 aliphatic heterocycles. The smallest absolute Gasteiger partial charge is 0.179 e. The first-order valence-electron chi connectivity index (χ1n) is 2.34. The van der Waals surface area contributed by atoms with Gasteiger partial charge in [-0.15, -0.1) is 0 Å². The maximum absolute atomic E-state index is 9.67. The average molecular weight is 133 g/mol. The van der Waals surface area contributed by atoms with Gasteiger partial charge in [0.15, 0.2) is 8.69 Å². The highest BCUT2D eigenvalue weighted by Crippen LogP contribution is 1.96. The van der Waals surface area contributed by atoms with Crippen molar-refractivity contribution in [1.29, 1.82) is 5.26 Å². The molecule has 0 saturated heterocycles. The number of nitriles is 1. The third-order valence-corrected chi connectivity index (χ3v) is 0.991. The maximum atomic E-state index is 9.67. The van der Waals surface area contributed by atoms with E-state index in [0.717, 1.165) is 0 Å². The summed E-state index contributed by atoms with van der Waals surface area (Å²) < 4.78 is 14.2. The van der Waals surface area contributed by atoms with Gasteiger partial charge in [0.2, 0.25) is 0 Å². The molecule has 0 aromatic carbocycles. The molecule has 0 aliphatic rings. The average Bonchev–Trinajstić information content (AvgIpc) is 1.81. The van der Waals surface area contributed by atoms with E-state index in [1.165, 1.54) is 0 Å². The molecule has 0 rings (SSSR count). The van der Waals surface area contributed by atoms with Gasteiger partial charge >= 0.3 is 0 Å². The molecular weight excluding hydrogens is 125 g/mol. The maximum Gasteiger partial charge on any atom is 0.179 e. The van der Waals surface area contributed by atoms with Crippen LogP contribution in [0.25, 0.3) is 0 Å². The van der Waals surface area contributed by atoms with Crippen molar-refractivity contribution >= 4 is 8.69 Å². The molecule has 0 spiro atoms. The first-order chi connectivity index (χ1) is 3.91. The second kappa shape index (κ2) is 6.68. The largest absolute Gasteiger partial charge is 0.332 e. The molecule has 0 bridgehead atoms. The van der Waals surface area contributed by atoms with Gasteiger partial charge in [0.25, 0.3) is 0 Å². The van der Waals surface area contributed by atoms with Crippen LogP contribution in [0, 0.1) is 11.3 Å². The molecule has 3 nitrogen and oxygen atoms in total. The predicted octanol–water partition coefficient (Wildman–Crippen LogP) is 0.978. The molecule has 0 N–H and O–H groups in total. The summed E-state index contributed by atoms with van der Waals surface area (Å²) in [6.07, 6.45) is 1.17. The lowest BCUT2D eigenvalue weighted by Gasteiger charge is -1.88. The monoisotopic (exact) mass is 133 g/mol. The molecule has 4 heteroatoms. The van der Waals surface area contributed by atoms with Gasteiger partial charge in [-0.25, -0.2) is 0 Å². The van der Waals surface area contributed by atoms with Crippen LogP contribution in [0.1, 0.15) is 12.8 Å². The first-order valence-corrected chi connectivity index (χ1v) is 3.28. The Morgan fingerprint density at radius 2 is 2.50 bits per heavy atom. The summed E-state index contributed by atoms with van der Waals surface area (Å²) in [5.41, 5.74) is 0. The third kappa shape index (κ3) is 5.68. The molecule has 0 amide bonds. The van der Waals surface area contributed by atoms with Crippen molar-refractivity contribution in [3.63, 3.8) is 0 Å². The molecule has 1 atom stereocenters. The first kappa shape index (κ1) is 7.68. The Bertz CT molecular complexity index is 98.7. The van der Waals surface area contributed by atoms with Crippen molar-refractivity contribution in [3.8, 4) is 6.07 Å². The Labute approximate surface area is 49.5 Å². The molecule has 0 heterocycles. The highest BCUT2D eigenvalue weighted by Gasteiger charge is 1.81. The van der Waals surface area contributed by atoms with E-state index in [0.29, 0.717) is 19.4 Å². The van der Waals surface area contributed by atoms with Crippen LogP contribution in [-0.2, 0) is 9.09 Å². The lowest BCUT2D eigenvalue weighted by Crippen LogP contribution is -1.80. The van der Waals surface area contributed by atoms with Gasteiger partial charge in [-0.3, -0.25) is 4.57 Å². The predicted molar refractivity (Wildman–Crippen MR) is 31.2 cm³/mol. The van der Waals surface area contributed by atoms with Crippen LogP contribution in [0.3, 0.4) is 0 Å². The van der Waals surface area contributed by atoms with Crippen LogP contribution >= 0.6 is 8.69 Å². The Morgan fingerprint density at radius 1 is 1.75 bits per heavy atom. The second-order valence-electron chi connectivity index (χ2n) is 1.23. The summed E-state index contributed by atoms with van der Waals surface area (Å²) >= 11 is 0. The fourth-order valence-electron chi connectivity index (χ4n) is 0.283. The van der Waals surface area contributed by atoms with E-state index in [-0.39, 0.29) is 0 Å². The van der Waals surface area contributed by atoms with E-state index in [2.05, 4.69) is 4.52 Å². The van der Waals surface area contributed by atoms with E-state index >= 15 is 0 Å². The zero-order chi connectivity index (χ0) is 6.24. The molecule has 0 aromatic rings. The van der Waals surface area contributed by atoms with Crippen LogP contribution < -0.4 is 0 Å². The fraction of sp³-hybridized carbons (Fsp3) is 0.750. The van der Waals surface area contributed by atoms with Crippen LogP contribution in [0.2, 0.25) is 0 Å². The molecule has 1 unspecified atom stereocenters. The summed E-state index contributed by atoms with van der Waals surface area (Å²) in [4.78, 5) is 0. The van der Waals surface area contributed by atoms with E-state index in [1.807, 2.05) is 6.07 Å². The van der Waals surface area contributed by atoms with Gasteiger partial charge in [-0.2, -0.15) is 5.26 Å². The summed E-state index contributed by atoms with van der Waals surface area (Å²) in [5.74, 6) is 0. The topological polar surface area (TPSA) is 50.1 Å². The van der Waals surface area contributed by atoms with Crippen molar-refractivity contribution in [2.24, 2.45) is 0 Å². The standard InChI is InChI=1S/C4H8NO2P/c5-3-1-2-4-7-8-6/h1-2,4,8H2. The fourth-order valence-corrected chi connectivity index (χ4v) is 0.546. The van der Waals surface area contributed by atoms with Crippen molar-refractivity contribution in [2.45, 2.75) is 12.8 Å². The SMILES string of the molecule is N#CCCCO[PH2]=O. The lowest BCUT2D eigenvalue weighted by molar-refractivity contribution is 0.337. The number of hydrogen-bond acceptors (Lipinski definition) is 3. The Kier molecular flexibility index (Phi) is 6.41. The molecular formula is C4H8NO2P. The van der Waals surface area contributed by atoms with Crippen molar-refractivity contribution < 1.29 is 9.09 Å². The van der Waals surface area contributed by atoms with Crippen molar-refractivity contribution in [2.75, 3.05) is 6.61 Å². The van der Waals surface area contributed by atoms with Gasteiger partial charge in [-0.1, -0.05) is 0 Å². The number of hydrogen-bond donors (Lipinski definition) is 0. The van der Waals surface area contributed by atoms with Crippen LogP contribution in [0.15, 0.2) is 0 Å². The molecule has 0 fully saturated rings. The lowest BCUT2D eigenvalue weighted by atomic mass is 10.4. The van der Waals surface area contributed by atoms with E-state index in [1.54, 1.807) is 0 Å². The Morgan fingerprint density at radius 3 is 3.00 bits per heavy atom. The van der Waals surface area contributed by atoms with Crippen LogP contribution in [0.4, 0.5) is 0 Å². The number of rotatable bonds is 4. The molecule has 46 valence electrons. The van der Waals surface area contributed by atoms with Gasteiger partial charge in [0.05, 0.1) is 12.7 Å². The molecule has 8 heavy (non-hydrogen) atoms. The van der Waals surface area contributed by atoms with Gasteiger partial charge < -0.3 is 4.52 Å². The number of unbranched alkanes of at least 4 members (excludes halogenated alkanes) is 1. The zero-order valence-electron chi connectivity index (χ0n) is 4.46. The zero-order valence-corrected chi connectivity index (χ0v) is 5.62. The second-order valence-corrected chi connectivity index (χ2v) is 1.75. The van der Waals surface area contributed by atoms with Crippen LogP contribution in [-0.4, -0.2) is 6.61 Å². The Balaban J connectivity index is 2.74. The highest BCUT2D eigenvalue weighted by molar-refractivity contribution is 7.17. The highest BCUT2D eigenvalue weighted by atomic mass is 31.1. The molecule has 0 radical (unpaired) electrons. The Hall–Kier alpha value is -0.320. The summed E-state index contributed by atoms with van der Waals surface area (Å²) in [7, 11) is -1.08. The van der Waals surface area contributed by atoms with Crippen molar-refractivity contribution in [3.05, 3.63) is 0 Å². The minimum atomic E-state index is -1.08. The minimum absolute atomic E-state index is 0.451. The quantitative estimate of drug-likeness (QED) is 0.424. The molecule has 0 saturated carbocycles. The molecule has 0 aromatic heterocycles. The summed E-state index contributed by atoms with van der Waals surface area (Å²) in [5, 5.41) is 7.99.